The minimum atomic E-state index is 0.944. The molecule has 0 saturated heterocycles. The van der Waals surface area contributed by atoms with Crippen molar-refractivity contribution in [2.75, 3.05) is 0 Å². The van der Waals surface area contributed by atoms with Gasteiger partial charge in [0.2, 0.25) is 0 Å². The quantitative estimate of drug-likeness (QED) is 0.478. The first-order valence-electron chi connectivity index (χ1n) is 3.15. The molecule has 0 nitrogen and oxygen atoms in total. The zero-order valence-corrected chi connectivity index (χ0v) is 5.70. The maximum atomic E-state index is 3.05. The maximum absolute atomic E-state index is 3.05. The lowest BCUT2D eigenvalue weighted by atomic mass is 10.3. The molecule has 0 bridgehead atoms. The van der Waals surface area contributed by atoms with Crippen LogP contribution in [0.15, 0.2) is 0 Å². The van der Waals surface area contributed by atoms with Crippen molar-refractivity contribution in [2.45, 2.75) is 33.1 Å². The minimum Gasteiger partial charge on any atom is -0.103 e. The van der Waals surface area contributed by atoms with Crippen molar-refractivity contribution in [1.82, 2.24) is 0 Å². The maximum Gasteiger partial charge on any atom is 0.0117 e. The molecule has 0 aliphatic carbocycles. The first-order valence-corrected chi connectivity index (χ1v) is 3.15. The number of hydrogen-bond donors (Lipinski definition) is 0. The van der Waals surface area contributed by atoms with E-state index in [0.29, 0.717) is 0 Å². The van der Waals surface area contributed by atoms with Gasteiger partial charge in [-0.25, -0.2) is 0 Å². The van der Waals surface area contributed by atoms with E-state index in [0.717, 1.165) is 12.8 Å². The molecule has 0 fully saturated rings. The van der Waals surface area contributed by atoms with Crippen molar-refractivity contribution in [3.63, 3.8) is 0 Å². The van der Waals surface area contributed by atoms with Crippen LogP contribution in [0.1, 0.15) is 33.1 Å². The zero-order valence-electron chi connectivity index (χ0n) is 5.70. The Morgan fingerprint density at radius 1 is 1.38 bits per heavy atom. The summed E-state index contributed by atoms with van der Waals surface area (Å²) in [4.78, 5) is 0. The van der Waals surface area contributed by atoms with Gasteiger partial charge >= 0.3 is 0 Å². The van der Waals surface area contributed by atoms with Gasteiger partial charge in [-0.3, -0.25) is 0 Å². The Hall–Kier alpha value is -0.440. The van der Waals surface area contributed by atoms with Gasteiger partial charge in [-0.2, -0.15) is 0 Å². The van der Waals surface area contributed by atoms with E-state index in [9.17, 15) is 0 Å². The average Bonchev–Trinajstić information content (AvgIpc) is 1.81. The lowest BCUT2D eigenvalue weighted by Crippen LogP contribution is -1.64. The van der Waals surface area contributed by atoms with E-state index in [2.05, 4.69) is 25.2 Å². The molecule has 8 heavy (non-hydrogen) atoms. The van der Waals surface area contributed by atoms with Gasteiger partial charge in [0.05, 0.1) is 0 Å². The molecule has 0 saturated carbocycles. The minimum absolute atomic E-state index is 0.944. The smallest absolute Gasteiger partial charge is 0.0117 e. The molecule has 0 heteroatoms. The second-order valence-electron chi connectivity index (χ2n) is 1.72. The van der Waals surface area contributed by atoms with Crippen molar-refractivity contribution in [1.29, 1.82) is 0 Å². The van der Waals surface area contributed by atoms with E-state index in [1.54, 1.807) is 0 Å². The van der Waals surface area contributed by atoms with Gasteiger partial charge in [-0.15, -0.1) is 11.8 Å². The Balaban J connectivity index is 2.95. The van der Waals surface area contributed by atoms with Crippen LogP contribution in [-0.4, -0.2) is 0 Å². The van der Waals surface area contributed by atoms with Crippen molar-refractivity contribution >= 4 is 0 Å². The fourth-order valence-electron chi connectivity index (χ4n) is 0.388. The number of unbranched alkanes of at least 4 members (excludes halogenated alkanes) is 2. The lowest BCUT2D eigenvalue weighted by molar-refractivity contribution is 0.981. The summed E-state index contributed by atoms with van der Waals surface area (Å²) in [6, 6.07) is 0. The molecule has 0 rings (SSSR count). The Morgan fingerprint density at radius 2 is 2.12 bits per heavy atom. The summed E-state index contributed by atoms with van der Waals surface area (Å²) in [7, 11) is 0. The third kappa shape index (κ3) is 5.56. The molecule has 0 heterocycles. The number of rotatable bonds is 2. The Labute approximate surface area is 52.3 Å². The molecular weight excluding hydrogens is 96.1 g/mol. The highest BCUT2D eigenvalue weighted by Gasteiger charge is 1.70. The highest BCUT2D eigenvalue weighted by molar-refractivity contribution is 5.00. The number of hydrogen-bond acceptors (Lipinski definition) is 0. The van der Waals surface area contributed by atoms with Crippen LogP contribution in [0.3, 0.4) is 0 Å². The summed E-state index contributed by atoms with van der Waals surface area (Å²) in [5, 5.41) is 0. The highest BCUT2D eigenvalue weighted by Crippen LogP contribution is 1.84. The fourth-order valence-corrected chi connectivity index (χ4v) is 0.388. The van der Waals surface area contributed by atoms with Gasteiger partial charge in [0, 0.05) is 12.8 Å². The Kier molecular flexibility index (Phi) is 6.20. The largest absolute Gasteiger partial charge is 0.103 e. The standard InChI is InChI=1S/C8H13/c1-3-5-7-8-6-4-2/h3H,4-6H2,1-2H3. The van der Waals surface area contributed by atoms with Gasteiger partial charge in [0.15, 0.2) is 0 Å². The second kappa shape index (κ2) is 6.56. The van der Waals surface area contributed by atoms with Gasteiger partial charge in [-0.1, -0.05) is 13.8 Å². The molecule has 0 atom stereocenters. The van der Waals surface area contributed by atoms with Crippen LogP contribution in [0.4, 0.5) is 0 Å². The Morgan fingerprint density at radius 3 is 2.62 bits per heavy atom. The molecule has 0 spiro atoms. The van der Waals surface area contributed by atoms with Gasteiger partial charge in [0.25, 0.3) is 0 Å². The van der Waals surface area contributed by atoms with Crippen molar-refractivity contribution in [3.05, 3.63) is 6.42 Å². The van der Waals surface area contributed by atoms with Crippen LogP contribution >= 0.6 is 0 Å². The molecular formula is C8H13. The van der Waals surface area contributed by atoms with Crippen molar-refractivity contribution < 1.29 is 0 Å². The van der Waals surface area contributed by atoms with Gasteiger partial charge in [0.1, 0.15) is 0 Å². The monoisotopic (exact) mass is 109 g/mol. The van der Waals surface area contributed by atoms with Crippen LogP contribution in [0.2, 0.25) is 0 Å². The van der Waals surface area contributed by atoms with E-state index in [-0.39, 0.29) is 0 Å². The van der Waals surface area contributed by atoms with Crippen LogP contribution in [-0.2, 0) is 0 Å². The van der Waals surface area contributed by atoms with Gasteiger partial charge in [-0.05, 0) is 12.8 Å². The predicted molar refractivity (Wildman–Crippen MR) is 37.3 cm³/mol. The fraction of sp³-hybridized carbons (Fsp3) is 0.625. The second-order valence-corrected chi connectivity index (χ2v) is 1.72. The van der Waals surface area contributed by atoms with Crippen molar-refractivity contribution in [2.24, 2.45) is 0 Å². The summed E-state index contributed by atoms with van der Waals surface area (Å²) in [6.07, 6.45) is 5.24. The molecule has 1 radical (unpaired) electrons. The normalized spacial score (nSPS) is 7.75. The van der Waals surface area contributed by atoms with E-state index in [1.807, 2.05) is 6.92 Å². The predicted octanol–water partition coefficient (Wildman–Crippen LogP) is 2.40. The summed E-state index contributed by atoms with van der Waals surface area (Å²) in [5.74, 6) is 6.09. The van der Waals surface area contributed by atoms with Crippen LogP contribution in [0.25, 0.3) is 0 Å². The van der Waals surface area contributed by atoms with E-state index in [4.69, 9.17) is 0 Å². The zero-order chi connectivity index (χ0) is 6.24. The first-order chi connectivity index (χ1) is 3.91. The summed E-state index contributed by atoms with van der Waals surface area (Å²) in [5.41, 5.74) is 0. The van der Waals surface area contributed by atoms with E-state index >= 15 is 0 Å². The lowest BCUT2D eigenvalue weighted by Gasteiger charge is -1.77. The Bertz CT molecular complexity index is 71.9. The summed E-state index contributed by atoms with van der Waals surface area (Å²) >= 11 is 0. The third-order valence-electron chi connectivity index (χ3n) is 0.806. The first kappa shape index (κ1) is 7.56. The van der Waals surface area contributed by atoms with Crippen LogP contribution in [0, 0.1) is 18.3 Å². The third-order valence-corrected chi connectivity index (χ3v) is 0.806. The SMILES string of the molecule is C[CH]CC#CCCC. The summed E-state index contributed by atoms with van der Waals surface area (Å²) < 4.78 is 0. The molecule has 0 aromatic carbocycles. The topological polar surface area (TPSA) is 0 Å². The summed E-state index contributed by atoms with van der Waals surface area (Å²) in [6.45, 7) is 4.17. The molecule has 0 aliphatic heterocycles. The molecule has 45 valence electrons. The molecule has 0 N–H and O–H groups in total. The molecule has 0 aromatic heterocycles. The van der Waals surface area contributed by atoms with Crippen LogP contribution in [0.5, 0.6) is 0 Å². The molecule has 0 unspecified atom stereocenters. The van der Waals surface area contributed by atoms with Gasteiger partial charge < -0.3 is 0 Å². The van der Waals surface area contributed by atoms with Crippen LogP contribution < -0.4 is 0 Å². The van der Waals surface area contributed by atoms with E-state index in [1.165, 1.54) is 6.42 Å². The molecule has 0 amide bonds. The molecule has 0 aromatic rings. The van der Waals surface area contributed by atoms with E-state index < -0.39 is 0 Å². The van der Waals surface area contributed by atoms with Crippen molar-refractivity contribution in [3.8, 4) is 11.8 Å². The molecule has 0 aliphatic rings. The average molecular weight is 109 g/mol. The highest BCUT2D eigenvalue weighted by atomic mass is 13.7.